The van der Waals surface area contributed by atoms with E-state index in [2.05, 4.69) is 29.1 Å². The van der Waals surface area contributed by atoms with Crippen molar-refractivity contribution >= 4 is 22.9 Å². The molecular weight excluding hydrogens is 408 g/mol. The lowest BCUT2D eigenvalue weighted by molar-refractivity contribution is -0.0704. The van der Waals surface area contributed by atoms with Crippen molar-refractivity contribution in [1.82, 2.24) is 9.97 Å². The number of nitrogens with one attached hydrogen (secondary N) is 1. The number of pyridine rings is 1. The van der Waals surface area contributed by atoms with Gasteiger partial charge in [0.25, 0.3) is 5.91 Å². The van der Waals surface area contributed by atoms with Crippen molar-refractivity contribution in [2.45, 2.75) is 38.9 Å². The second-order valence-electron chi connectivity index (χ2n) is 7.44. The fraction of sp³-hybridized carbons (Fsp3) is 0.318. The molecule has 8 heteroatoms. The molecule has 2 unspecified atom stereocenters. The van der Waals surface area contributed by atoms with Gasteiger partial charge in [-0.1, -0.05) is 13.0 Å². The zero-order valence-electron chi connectivity index (χ0n) is 16.6. The number of aromatic nitrogens is 2. The number of carbonyl (C=O) groups is 1. The summed E-state index contributed by atoms with van der Waals surface area (Å²) in [6, 6.07) is 5.44. The van der Waals surface area contributed by atoms with Crippen LogP contribution < -0.4 is 5.32 Å². The molecule has 0 spiro atoms. The Bertz CT molecular complexity index is 1050. The second kappa shape index (κ2) is 8.57. The van der Waals surface area contributed by atoms with Crippen LogP contribution in [-0.2, 0) is 4.74 Å². The minimum atomic E-state index is -0.719. The van der Waals surface area contributed by atoms with E-state index in [1.807, 2.05) is 6.07 Å². The quantitative estimate of drug-likeness (QED) is 0.585. The standard InChI is InChI=1S/C22H21F2N3O2S/c1-12-6-7-19(29-13(12)2)14-8-9-25-10-17(14)26-21(28)18-11-30-22(27-18)20-15(23)4-3-5-16(20)24/h3-5,8-13,19H,6-7H2,1-2H3,(H,26,28)/t12?,13-,19?/m1/s1. The van der Waals surface area contributed by atoms with Gasteiger partial charge in [-0.05, 0) is 43.9 Å². The zero-order valence-corrected chi connectivity index (χ0v) is 17.4. The Morgan fingerprint density at radius 2 is 1.97 bits per heavy atom. The predicted molar refractivity (Wildman–Crippen MR) is 111 cm³/mol. The summed E-state index contributed by atoms with van der Waals surface area (Å²) in [5.41, 5.74) is 1.25. The number of nitrogens with zero attached hydrogens (tertiary/aromatic N) is 2. The Morgan fingerprint density at radius 1 is 1.20 bits per heavy atom. The lowest BCUT2D eigenvalue weighted by Crippen LogP contribution is -2.27. The molecule has 0 saturated carbocycles. The highest BCUT2D eigenvalue weighted by atomic mass is 32.1. The van der Waals surface area contributed by atoms with Crippen molar-refractivity contribution in [2.75, 3.05) is 5.32 Å². The maximum atomic E-state index is 14.0. The number of halogens is 2. The number of benzene rings is 1. The molecule has 3 heterocycles. The number of rotatable bonds is 4. The van der Waals surface area contributed by atoms with Gasteiger partial charge in [-0.3, -0.25) is 9.78 Å². The van der Waals surface area contributed by atoms with Crippen LogP contribution >= 0.6 is 11.3 Å². The highest BCUT2D eigenvalue weighted by Gasteiger charge is 2.28. The largest absolute Gasteiger partial charge is 0.370 e. The number of amides is 1. The van der Waals surface area contributed by atoms with Crippen LogP contribution in [0.1, 0.15) is 48.8 Å². The van der Waals surface area contributed by atoms with E-state index in [1.165, 1.54) is 11.4 Å². The molecule has 1 aliphatic heterocycles. The third-order valence-corrected chi connectivity index (χ3v) is 6.29. The Balaban J connectivity index is 1.55. The van der Waals surface area contributed by atoms with E-state index < -0.39 is 17.5 Å². The molecule has 4 rings (SSSR count). The summed E-state index contributed by atoms with van der Waals surface area (Å²) in [7, 11) is 0. The summed E-state index contributed by atoms with van der Waals surface area (Å²) in [5, 5.41) is 4.41. The van der Waals surface area contributed by atoms with Gasteiger partial charge in [-0.2, -0.15) is 0 Å². The first kappa shape index (κ1) is 20.6. The van der Waals surface area contributed by atoms with Gasteiger partial charge in [0.15, 0.2) is 0 Å². The lowest BCUT2D eigenvalue weighted by atomic mass is 9.91. The van der Waals surface area contributed by atoms with Crippen LogP contribution in [0.5, 0.6) is 0 Å². The maximum absolute atomic E-state index is 14.0. The van der Waals surface area contributed by atoms with Crippen LogP contribution in [0.4, 0.5) is 14.5 Å². The Kier molecular flexibility index (Phi) is 5.87. The zero-order chi connectivity index (χ0) is 21.3. The summed E-state index contributed by atoms with van der Waals surface area (Å²) < 4.78 is 34.2. The van der Waals surface area contributed by atoms with Crippen LogP contribution in [0, 0.1) is 17.6 Å². The van der Waals surface area contributed by atoms with Crippen molar-refractivity contribution in [3.05, 3.63) is 64.9 Å². The number of hydrogen-bond acceptors (Lipinski definition) is 5. The van der Waals surface area contributed by atoms with E-state index in [0.29, 0.717) is 11.6 Å². The van der Waals surface area contributed by atoms with Crippen LogP contribution in [0.25, 0.3) is 10.6 Å². The number of hydrogen-bond donors (Lipinski definition) is 1. The monoisotopic (exact) mass is 429 g/mol. The first-order valence-corrected chi connectivity index (χ1v) is 10.6. The average molecular weight is 429 g/mol. The van der Waals surface area contributed by atoms with E-state index in [-0.39, 0.29) is 28.5 Å². The van der Waals surface area contributed by atoms with Gasteiger partial charge in [0.1, 0.15) is 22.3 Å². The number of carbonyl (C=O) groups excluding carboxylic acids is 1. The maximum Gasteiger partial charge on any atom is 0.275 e. The first-order chi connectivity index (χ1) is 14.4. The van der Waals surface area contributed by atoms with E-state index in [1.54, 1.807) is 12.4 Å². The van der Waals surface area contributed by atoms with E-state index in [0.717, 1.165) is 41.9 Å². The Morgan fingerprint density at radius 3 is 2.70 bits per heavy atom. The van der Waals surface area contributed by atoms with Crippen molar-refractivity contribution in [3.8, 4) is 10.6 Å². The molecule has 0 aliphatic carbocycles. The van der Waals surface area contributed by atoms with Gasteiger partial charge in [-0.15, -0.1) is 11.3 Å². The fourth-order valence-electron chi connectivity index (χ4n) is 3.51. The molecule has 3 atom stereocenters. The SMILES string of the molecule is CC1CCC(c2ccncc2NC(=O)c2csc(-c3c(F)cccc3F)n2)O[C@@H]1C. The van der Waals surface area contributed by atoms with Crippen LogP contribution in [0.2, 0.25) is 0 Å². The molecule has 1 saturated heterocycles. The Hall–Kier alpha value is -2.71. The molecule has 0 bridgehead atoms. The van der Waals surface area contributed by atoms with Gasteiger partial charge < -0.3 is 10.1 Å². The minimum absolute atomic E-state index is 0.0824. The van der Waals surface area contributed by atoms with Gasteiger partial charge in [0, 0.05) is 17.1 Å². The van der Waals surface area contributed by atoms with Crippen LogP contribution in [0.15, 0.2) is 42.0 Å². The minimum Gasteiger partial charge on any atom is -0.370 e. The summed E-state index contributed by atoms with van der Waals surface area (Å²) >= 11 is 1.01. The summed E-state index contributed by atoms with van der Waals surface area (Å²) in [5.74, 6) is -1.43. The first-order valence-electron chi connectivity index (χ1n) is 9.74. The fourth-order valence-corrected chi connectivity index (χ4v) is 4.36. The molecule has 1 amide bonds. The molecule has 1 aromatic carbocycles. The molecule has 1 aliphatic rings. The van der Waals surface area contributed by atoms with Crippen molar-refractivity contribution in [3.63, 3.8) is 0 Å². The summed E-state index contributed by atoms with van der Waals surface area (Å²) in [4.78, 5) is 21.0. The summed E-state index contributed by atoms with van der Waals surface area (Å²) in [6.45, 7) is 4.21. The van der Waals surface area contributed by atoms with E-state index >= 15 is 0 Å². The smallest absolute Gasteiger partial charge is 0.275 e. The molecule has 1 fully saturated rings. The third kappa shape index (κ3) is 4.11. The average Bonchev–Trinajstić information content (AvgIpc) is 3.20. The number of thiazole rings is 1. The van der Waals surface area contributed by atoms with E-state index in [4.69, 9.17) is 4.74 Å². The molecule has 2 aromatic heterocycles. The van der Waals surface area contributed by atoms with Gasteiger partial charge in [-0.25, -0.2) is 13.8 Å². The van der Waals surface area contributed by atoms with Crippen LogP contribution in [0.3, 0.4) is 0 Å². The topological polar surface area (TPSA) is 64.1 Å². The van der Waals surface area contributed by atoms with Gasteiger partial charge >= 0.3 is 0 Å². The molecular formula is C22H21F2N3O2S. The second-order valence-corrected chi connectivity index (χ2v) is 8.29. The van der Waals surface area contributed by atoms with Crippen molar-refractivity contribution < 1.29 is 18.3 Å². The number of anilines is 1. The highest BCUT2D eigenvalue weighted by molar-refractivity contribution is 7.13. The molecule has 156 valence electrons. The summed E-state index contributed by atoms with van der Waals surface area (Å²) in [6.07, 6.45) is 5.12. The normalized spacial score (nSPS) is 21.4. The molecule has 30 heavy (non-hydrogen) atoms. The van der Waals surface area contributed by atoms with Crippen molar-refractivity contribution in [1.29, 1.82) is 0 Å². The van der Waals surface area contributed by atoms with Crippen molar-refractivity contribution in [2.24, 2.45) is 5.92 Å². The van der Waals surface area contributed by atoms with Gasteiger partial charge in [0.05, 0.1) is 29.7 Å². The highest BCUT2D eigenvalue weighted by Crippen LogP contribution is 2.37. The van der Waals surface area contributed by atoms with E-state index in [9.17, 15) is 13.6 Å². The predicted octanol–water partition coefficient (Wildman–Crippen LogP) is 5.61. The Labute approximate surface area is 177 Å². The third-order valence-electron chi connectivity index (χ3n) is 5.43. The molecule has 0 radical (unpaired) electrons. The van der Waals surface area contributed by atoms with Gasteiger partial charge in [0.2, 0.25) is 0 Å². The number of ether oxygens (including phenoxy) is 1. The van der Waals surface area contributed by atoms with Crippen LogP contribution in [-0.4, -0.2) is 22.0 Å². The molecule has 5 nitrogen and oxygen atoms in total. The lowest BCUT2D eigenvalue weighted by Gasteiger charge is -2.33. The molecule has 1 N–H and O–H groups in total. The molecule has 3 aromatic rings.